The first-order valence-corrected chi connectivity index (χ1v) is 7.76. The lowest BCUT2D eigenvalue weighted by atomic mass is 10.2. The van der Waals surface area contributed by atoms with E-state index in [2.05, 4.69) is 41.5 Å². The number of pyridine rings is 1. The maximum atomic E-state index is 12.0. The van der Waals surface area contributed by atoms with E-state index in [1.807, 2.05) is 12.1 Å². The SMILES string of the molecule is CCCCCNC(=O)c1cc(NCCCN(C)C)ccn1. The number of anilines is 1. The second kappa shape index (κ2) is 10.2. The Labute approximate surface area is 128 Å². The zero-order chi connectivity index (χ0) is 15.5. The van der Waals surface area contributed by atoms with E-state index in [9.17, 15) is 4.79 Å². The average molecular weight is 292 g/mol. The van der Waals surface area contributed by atoms with Gasteiger partial charge in [-0.05, 0) is 45.6 Å². The molecule has 0 aliphatic carbocycles. The smallest absolute Gasteiger partial charge is 0.269 e. The molecule has 1 amide bonds. The Bertz CT molecular complexity index is 420. The number of aromatic nitrogens is 1. The van der Waals surface area contributed by atoms with Gasteiger partial charge in [-0.3, -0.25) is 9.78 Å². The van der Waals surface area contributed by atoms with E-state index in [1.54, 1.807) is 6.20 Å². The number of rotatable bonds is 10. The molecule has 0 saturated heterocycles. The molecule has 0 atom stereocenters. The predicted octanol–water partition coefficient (Wildman–Crippen LogP) is 2.37. The third-order valence-electron chi connectivity index (χ3n) is 3.17. The summed E-state index contributed by atoms with van der Waals surface area (Å²) in [4.78, 5) is 18.3. The molecule has 0 bridgehead atoms. The fourth-order valence-corrected chi connectivity index (χ4v) is 1.96. The van der Waals surface area contributed by atoms with Crippen molar-refractivity contribution in [3.63, 3.8) is 0 Å². The van der Waals surface area contributed by atoms with Gasteiger partial charge in [0.15, 0.2) is 0 Å². The summed E-state index contributed by atoms with van der Waals surface area (Å²) < 4.78 is 0. The number of nitrogens with zero attached hydrogens (tertiary/aromatic N) is 2. The topological polar surface area (TPSA) is 57.3 Å². The van der Waals surface area contributed by atoms with Gasteiger partial charge in [-0.1, -0.05) is 19.8 Å². The first-order chi connectivity index (χ1) is 10.1. The normalized spacial score (nSPS) is 10.7. The van der Waals surface area contributed by atoms with Crippen LogP contribution >= 0.6 is 0 Å². The predicted molar refractivity (Wildman–Crippen MR) is 87.8 cm³/mol. The maximum absolute atomic E-state index is 12.0. The molecule has 0 aliphatic rings. The molecule has 1 heterocycles. The maximum Gasteiger partial charge on any atom is 0.269 e. The van der Waals surface area contributed by atoms with Crippen molar-refractivity contribution in [3.05, 3.63) is 24.0 Å². The van der Waals surface area contributed by atoms with Crippen molar-refractivity contribution in [1.29, 1.82) is 0 Å². The van der Waals surface area contributed by atoms with Crippen LogP contribution < -0.4 is 10.6 Å². The standard InChI is InChI=1S/C16H28N4O/c1-4-5-6-9-19-16(21)15-13-14(8-11-18-15)17-10-7-12-20(2)3/h8,11,13H,4-7,9-10,12H2,1-3H3,(H,17,18)(H,19,21). The summed E-state index contributed by atoms with van der Waals surface area (Å²) in [5.74, 6) is -0.0944. The summed E-state index contributed by atoms with van der Waals surface area (Å²) in [7, 11) is 4.13. The summed E-state index contributed by atoms with van der Waals surface area (Å²) in [5.41, 5.74) is 1.42. The molecule has 21 heavy (non-hydrogen) atoms. The lowest BCUT2D eigenvalue weighted by Crippen LogP contribution is -2.25. The molecule has 1 rings (SSSR count). The van der Waals surface area contributed by atoms with Gasteiger partial charge in [-0.2, -0.15) is 0 Å². The van der Waals surface area contributed by atoms with E-state index in [0.29, 0.717) is 5.69 Å². The fraction of sp³-hybridized carbons (Fsp3) is 0.625. The van der Waals surface area contributed by atoms with Crippen molar-refractivity contribution >= 4 is 11.6 Å². The molecular formula is C16H28N4O. The molecule has 0 saturated carbocycles. The van der Waals surface area contributed by atoms with Crippen molar-refractivity contribution < 1.29 is 4.79 Å². The lowest BCUT2D eigenvalue weighted by molar-refractivity contribution is 0.0948. The molecule has 0 spiro atoms. The van der Waals surface area contributed by atoms with E-state index >= 15 is 0 Å². The number of carbonyl (C=O) groups is 1. The monoisotopic (exact) mass is 292 g/mol. The fourth-order valence-electron chi connectivity index (χ4n) is 1.96. The van der Waals surface area contributed by atoms with E-state index in [1.165, 1.54) is 0 Å². The lowest BCUT2D eigenvalue weighted by Gasteiger charge is -2.11. The minimum absolute atomic E-state index is 0.0944. The van der Waals surface area contributed by atoms with Gasteiger partial charge >= 0.3 is 0 Å². The molecule has 0 radical (unpaired) electrons. The molecule has 0 aromatic carbocycles. The summed E-state index contributed by atoms with van der Waals surface area (Å²) in [6.07, 6.45) is 6.05. The zero-order valence-electron chi connectivity index (χ0n) is 13.5. The first kappa shape index (κ1) is 17.4. The second-order valence-electron chi connectivity index (χ2n) is 5.48. The van der Waals surface area contributed by atoms with Crippen molar-refractivity contribution in [1.82, 2.24) is 15.2 Å². The van der Waals surface area contributed by atoms with Crippen LogP contribution in [-0.4, -0.2) is 49.5 Å². The van der Waals surface area contributed by atoms with E-state index in [-0.39, 0.29) is 5.91 Å². The highest BCUT2D eigenvalue weighted by molar-refractivity contribution is 5.93. The van der Waals surface area contributed by atoms with Crippen LogP contribution in [0.15, 0.2) is 18.3 Å². The van der Waals surface area contributed by atoms with Crippen LogP contribution in [0.2, 0.25) is 0 Å². The van der Waals surface area contributed by atoms with Gasteiger partial charge in [0.2, 0.25) is 0 Å². The molecular weight excluding hydrogens is 264 g/mol. The quantitative estimate of drug-likeness (QED) is 0.650. The van der Waals surface area contributed by atoms with Crippen LogP contribution in [0.25, 0.3) is 0 Å². The van der Waals surface area contributed by atoms with Gasteiger partial charge in [-0.25, -0.2) is 0 Å². The molecule has 1 aromatic rings. The average Bonchev–Trinajstić information content (AvgIpc) is 2.48. The molecule has 118 valence electrons. The largest absolute Gasteiger partial charge is 0.385 e. The highest BCUT2D eigenvalue weighted by Gasteiger charge is 2.06. The summed E-state index contributed by atoms with van der Waals surface area (Å²) in [6.45, 7) is 4.80. The Kier molecular flexibility index (Phi) is 8.43. The molecule has 5 heteroatoms. The number of hydrogen-bond donors (Lipinski definition) is 2. The number of nitrogens with one attached hydrogen (secondary N) is 2. The van der Waals surface area contributed by atoms with Crippen LogP contribution in [0.3, 0.4) is 0 Å². The zero-order valence-corrected chi connectivity index (χ0v) is 13.5. The Morgan fingerprint density at radius 1 is 1.24 bits per heavy atom. The molecule has 5 nitrogen and oxygen atoms in total. The van der Waals surface area contributed by atoms with Gasteiger partial charge in [0, 0.05) is 25.0 Å². The van der Waals surface area contributed by atoms with E-state index < -0.39 is 0 Å². The van der Waals surface area contributed by atoms with Gasteiger partial charge in [0.1, 0.15) is 5.69 Å². The van der Waals surface area contributed by atoms with Crippen LogP contribution in [0.5, 0.6) is 0 Å². The van der Waals surface area contributed by atoms with Gasteiger partial charge in [-0.15, -0.1) is 0 Å². The Hall–Kier alpha value is -1.62. The number of amides is 1. The van der Waals surface area contributed by atoms with Crippen LogP contribution in [-0.2, 0) is 0 Å². The second-order valence-corrected chi connectivity index (χ2v) is 5.48. The van der Waals surface area contributed by atoms with Gasteiger partial charge in [0.25, 0.3) is 5.91 Å². The van der Waals surface area contributed by atoms with Crippen LogP contribution in [0.1, 0.15) is 43.1 Å². The van der Waals surface area contributed by atoms with E-state index in [4.69, 9.17) is 0 Å². The van der Waals surface area contributed by atoms with Crippen molar-refractivity contribution in [2.75, 3.05) is 39.0 Å². The molecule has 0 aliphatic heterocycles. The highest BCUT2D eigenvalue weighted by Crippen LogP contribution is 2.08. The van der Waals surface area contributed by atoms with Gasteiger partial charge in [0.05, 0.1) is 0 Å². The van der Waals surface area contributed by atoms with Crippen molar-refractivity contribution in [2.45, 2.75) is 32.6 Å². The summed E-state index contributed by atoms with van der Waals surface area (Å²) in [6, 6.07) is 3.70. The van der Waals surface area contributed by atoms with Crippen molar-refractivity contribution in [2.24, 2.45) is 0 Å². The third kappa shape index (κ3) is 7.66. The Balaban J connectivity index is 2.38. The molecule has 0 unspecified atom stereocenters. The van der Waals surface area contributed by atoms with Gasteiger partial charge < -0.3 is 15.5 Å². The third-order valence-corrected chi connectivity index (χ3v) is 3.17. The van der Waals surface area contributed by atoms with Crippen LogP contribution in [0.4, 0.5) is 5.69 Å². The summed E-state index contributed by atoms with van der Waals surface area (Å²) in [5, 5.41) is 6.23. The minimum Gasteiger partial charge on any atom is -0.385 e. The Morgan fingerprint density at radius 2 is 2.05 bits per heavy atom. The number of unbranched alkanes of at least 4 members (excludes halogenated alkanes) is 2. The molecule has 0 fully saturated rings. The molecule has 1 aromatic heterocycles. The highest BCUT2D eigenvalue weighted by atomic mass is 16.1. The van der Waals surface area contributed by atoms with Crippen molar-refractivity contribution in [3.8, 4) is 0 Å². The minimum atomic E-state index is -0.0944. The molecule has 2 N–H and O–H groups in total. The number of hydrogen-bond acceptors (Lipinski definition) is 4. The van der Waals surface area contributed by atoms with Crippen LogP contribution in [0, 0.1) is 0 Å². The van der Waals surface area contributed by atoms with E-state index in [0.717, 1.165) is 51.0 Å². The summed E-state index contributed by atoms with van der Waals surface area (Å²) >= 11 is 0. The Morgan fingerprint density at radius 3 is 2.76 bits per heavy atom. The number of carbonyl (C=O) groups excluding carboxylic acids is 1. The first-order valence-electron chi connectivity index (χ1n) is 7.76.